The van der Waals surface area contributed by atoms with Crippen molar-refractivity contribution in [1.82, 2.24) is 24.6 Å². The van der Waals surface area contributed by atoms with Crippen molar-refractivity contribution in [3.8, 4) is 23.0 Å². The number of hydrogen-bond acceptors (Lipinski definition) is 7. The van der Waals surface area contributed by atoms with Crippen molar-refractivity contribution in [1.29, 1.82) is 0 Å². The summed E-state index contributed by atoms with van der Waals surface area (Å²) in [6.45, 7) is 7.05. The van der Waals surface area contributed by atoms with Crippen molar-refractivity contribution in [2.75, 3.05) is 6.54 Å². The summed E-state index contributed by atoms with van der Waals surface area (Å²) in [6, 6.07) is 4.28. The number of carbonyl (C=O) groups is 1. The maximum atomic E-state index is 12.4. The van der Waals surface area contributed by atoms with Crippen LogP contribution < -0.4 is 4.72 Å². The van der Waals surface area contributed by atoms with E-state index in [1.807, 2.05) is 11.6 Å². The van der Waals surface area contributed by atoms with E-state index in [2.05, 4.69) is 28.7 Å². The van der Waals surface area contributed by atoms with E-state index in [9.17, 15) is 13.2 Å². The maximum Gasteiger partial charge on any atom is 0.304 e. The van der Waals surface area contributed by atoms with Crippen LogP contribution in [0.15, 0.2) is 27.6 Å². The molecule has 0 saturated heterocycles. The van der Waals surface area contributed by atoms with E-state index in [0.29, 0.717) is 17.1 Å². The van der Waals surface area contributed by atoms with Crippen molar-refractivity contribution in [2.24, 2.45) is 5.41 Å². The number of benzene rings is 1. The van der Waals surface area contributed by atoms with Crippen molar-refractivity contribution < 1.29 is 22.8 Å². The van der Waals surface area contributed by atoms with Gasteiger partial charge in [0.2, 0.25) is 15.8 Å². The molecule has 2 heterocycles. The average molecular weight is 508 g/mol. The van der Waals surface area contributed by atoms with Crippen LogP contribution >= 0.6 is 11.6 Å². The van der Waals surface area contributed by atoms with Crippen LogP contribution in [0.25, 0.3) is 23.0 Å². The number of nitrogens with zero attached hydrogens (tertiary/aromatic N) is 4. The molecule has 1 aromatic carbocycles. The molecule has 1 aliphatic carbocycles. The minimum atomic E-state index is -3.97. The minimum Gasteiger partial charge on any atom is -0.481 e. The van der Waals surface area contributed by atoms with Crippen molar-refractivity contribution in [2.45, 2.75) is 57.9 Å². The number of halogens is 1. The zero-order chi connectivity index (χ0) is 24.7. The summed E-state index contributed by atoms with van der Waals surface area (Å²) in [6.07, 6.45) is 2.50. The van der Waals surface area contributed by atoms with Crippen molar-refractivity contribution in [3.63, 3.8) is 0 Å². The number of nitrogens with one attached hydrogen (secondary N) is 1. The molecule has 4 rings (SSSR count). The largest absolute Gasteiger partial charge is 0.481 e. The summed E-state index contributed by atoms with van der Waals surface area (Å²) in [5, 5.41) is 17.4. The van der Waals surface area contributed by atoms with Crippen LogP contribution in [0.5, 0.6) is 0 Å². The average Bonchev–Trinajstić information content (AvgIpc) is 3.36. The van der Waals surface area contributed by atoms with Crippen LogP contribution in [0.4, 0.5) is 0 Å². The van der Waals surface area contributed by atoms with Gasteiger partial charge in [-0.05, 0) is 49.8 Å². The van der Waals surface area contributed by atoms with Crippen LogP contribution in [0.1, 0.15) is 44.9 Å². The molecule has 10 nitrogen and oxygen atoms in total. The summed E-state index contributed by atoms with van der Waals surface area (Å²) >= 11 is 6.24. The lowest BCUT2D eigenvalue weighted by atomic mass is 9.76. The van der Waals surface area contributed by atoms with E-state index < -0.39 is 16.0 Å². The number of aliphatic carboxylic acids is 1. The Hall–Kier alpha value is -2.76. The van der Waals surface area contributed by atoms with E-state index in [4.69, 9.17) is 26.3 Å². The topological polar surface area (TPSA) is 140 Å². The molecule has 0 aliphatic heterocycles. The number of aryl methyl sites for hydroxylation is 1. The number of carboxylic acid groups (broad SMARTS) is 1. The monoisotopic (exact) mass is 507 g/mol. The highest BCUT2D eigenvalue weighted by atomic mass is 35.5. The first-order valence-electron chi connectivity index (χ1n) is 10.9. The number of rotatable bonds is 8. The van der Waals surface area contributed by atoms with Gasteiger partial charge in [-0.2, -0.15) is 10.1 Å². The van der Waals surface area contributed by atoms with Gasteiger partial charge in [0.1, 0.15) is 4.90 Å². The number of hydrogen-bond donors (Lipinski definition) is 2. The summed E-state index contributed by atoms with van der Waals surface area (Å²) < 4.78 is 34.6. The highest BCUT2D eigenvalue weighted by Crippen LogP contribution is 2.39. The maximum absolute atomic E-state index is 12.4. The molecular formula is C22H26ClN5O5S. The third-order valence-electron chi connectivity index (χ3n) is 5.90. The lowest BCUT2D eigenvalue weighted by Crippen LogP contribution is -2.26. The van der Waals surface area contributed by atoms with Gasteiger partial charge in [0.15, 0.2) is 5.69 Å². The van der Waals surface area contributed by atoms with Gasteiger partial charge in [-0.3, -0.25) is 9.48 Å². The fourth-order valence-electron chi connectivity index (χ4n) is 4.10. The first-order valence-corrected chi connectivity index (χ1v) is 12.8. The highest BCUT2D eigenvalue weighted by Gasteiger charge is 2.32. The Morgan fingerprint density at radius 3 is 2.79 bits per heavy atom. The van der Waals surface area contributed by atoms with Gasteiger partial charge < -0.3 is 9.63 Å². The second kappa shape index (κ2) is 9.12. The van der Waals surface area contributed by atoms with Gasteiger partial charge in [-0.1, -0.05) is 30.6 Å². The molecule has 34 heavy (non-hydrogen) atoms. The van der Waals surface area contributed by atoms with Gasteiger partial charge in [0, 0.05) is 29.9 Å². The minimum absolute atomic E-state index is 0.0402. The van der Waals surface area contributed by atoms with E-state index >= 15 is 0 Å². The van der Waals surface area contributed by atoms with Crippen LogP contribution in [0.2, 0.25) is 5.02 Å². The molecule has 2 aromatic heterocycles. The quantitative estimate of drug-likeness (QED) is 0.471. The number of aromatic nitrogens is 4. The van der Waals surface area contributed by atoms with E-state index in [1.165, 1.54) is 23.9 Å². The smallest absolute Gasteiger partial charge is 0.304 e. The molecule has 0 atom stereocenters. The van der Waals surface area contributed by atoms with Crippen LogP contribution in [-0.2, 0) is 34.2 Å². The molecule has 12 heteroatoms. The molecule has 0 spiro atoms. The molecule has 0 radical (unpaired) electrons. The summed E-state index contributed by atoms with van der Waals surface area (Å²) in [4.78, 5) is 15.0. The Balaban J connectivity index is 1.61. The van der Waals surface area contributed by atoms with E-state index in [-0.39, 0.29) is 34.1 Å². The second-order valence-corrected chi connectivity index (χ2v) is 11.2. The molecule has 1 aliphatic rings. The zero-order valence-electron chi connectivity index (χ0n) is 19.1. The number of fused-ring (bicyclic) bond motifs is 1. The van der Waals surface area contributed by atoms with Crippen molar-refractivity contribution >= 4 is 27.6 Å². The van der Waals surface area contributed by atoms with Crippen LogP contribution in [0.3, 0.4) is 0 Å². The Morgan fingerprint density at radius 1 is 1.35 bits per heavy atom. The Morgan fingerprint density at radius 2 is 2.12 bits per heavy atom. The fraction of sp³-hybridized carbons (Fsp3) is 0.455. The Labute approximate surface area is 202 Å². The summed E-state index contributed by atoms with van der Waals surface area (Å²) in [5.74, 6) is -0.539. The SMILES string of the molecule is CCn1nc(-c2nc(-c3ccc(S(=O)(=O)NCCC(=O)O)c(Cl)c3)no2)c2c1CC(C)(C)CC2. The zero-order valence-corrected chi connectivity index (χ0v) is 20.7. The predicted molar refractivity (Wildman–Crippen MR) is 125 cm³/mol. The molecular weight excluding hydrogens is 482 g/mol. The van der Waals surface area contributed by atoms with Gasteiger partial charge in [-0.25, -0.2) is 13.1 Å². The molecule has 0 saturated carbocycles. The van der Waals surface area contributed by atoms with Crippen LogP contribution in [0, 0.1) is 5.41 Å². The number of carboxylic acids is 1. The first-order chi connectivity index (χ1) is 16.0. The lowest BCUT2D eigenvalue weighted by molar-refractivity contribution is -0.136. The van der Waals surface area contributed by atoms with Crippen molar-refractivity contribution in [3.05, 3.63) is 34.5 Å². The second-order valence-electron chi connectivity index (χ2n) is 9.04. The standard InChI is InChI=1S/C22H26ClN5O5S/c1-4-28-16-12-22(2,3)9-7-14(16)19(26-28)21-25-20(27-33-21)13-5-6-17(15(23)11-13)34(31,32)24-10-8-18(29)30/h5-6,11,24H,4,7-10,12H2,1-3H3,(H,29,30). The third kappa shape index (κ3) is 4.86. The summed E-state index contributed by atoms with van der Waals surface area (Å²) in [5.41, 5.74) is 3.69. The molecule has 3 aromatic rings. The van der Waals surface area contributed by atoms with Crippen LogP contribution in [-0.4, -0.2) is 46.0 Å². The molecule has 0 fully saturated rings. The van der Waals surface area contributed by atoms with Gasteiger partial charge >= 0.3 is 5.97 Å². The van der Waals surface area contributed by atoms with E-state index in [0.717, 1.165) is 31.4 Å². The fourth-order valence-corrected chi connectivity index (χ4v) is 5.67. The normalized spacial score (nSPS) is 15.3. The van der Waals surface area contributed by atoms with Gasteiger partial charge in [0.25, 0.3) is 5.89 Å². The predicted octanol–water partition coefficient (Wildman–Crippen LogP) is 3.54. The summed E-state index contributed by atoms with van der Waals surface area (Å²) in [7, 11) is -3.97. The Bertz CT molecular complexity index is 1350. The lowest BCUT2D eigenvalue weighted by Gasteiger charge is -2.30. The molecule has 2 N–H and O–H groups in total. The molecule has 0 unspecified atom stereocenters. The molecule has 0 amide bonds. The third-order valence-corrected chi connectivity index (χ3v) is 7.85. The molecule has 182 valence electrons. The first kappa shape index (κ1) is 24.4. The highest BCUT2D eigenvalue weighted by molar-refractivity contribution is 7.89. The van der Waals surface area contributed by atoms with E-state index in [1.54, 1.807) is 0 Å². The Kier molecular flexibility index (Phi) is 6.54. The molecule has 0 bridgehead atoms. The number of sulfonamides is 1. The van der Waals surface area contributed by atoms with Gasteiger partial charge in [0.05, 0.1) is 11.4 Å². The van der Waals surface area contributed by atoms with Gasteiger partial charge in [-0.15, -0.1) is 0 Å².